The van der Waals surface area contributed by atoms with E-state index in [1.807, 2.05) is 24.3 Å². The number of hydrogen-bond acceptors (Lipinski definition) is 1. The lowest BCUT2D eigenvalue weighted by Gasteiger charge is -2.16. The number of halogens is 2. The average Bonchev–Trinajstić information content (AvgIpc) is 2.94. The van der Waals surface area contributed by atoms with E-state index in [4.69, 9.17) is 0 Å². The number of hydrogen-bond donors (Lipinski definition) is 1. The normalized spacial score (nSPS) is 21.7. The quantitative estimate of drug-likeness (QED) is 0.840. The van der Waals surface area contributed by atoms with Crippen LogP contribution in [0.15, 0.2) is 36.4 Å². The van der Waals surface area contributed by atoms with Gasteiger partial charge in [-0.25, -0.2) is 8.78 Å². The number of nitrogens with one attached hydrogen (secondary N) is 1. The Balaban J connectivity index is 1.78. The summed E-state index contributed by atoms with van der Waals surface area (Å²) in [4.78, 5) is 0. The Hall–Kier alpha value is -1.74. The smallest absolute Gasteiger partial charge is 0.126 e. The van der Waals surface area contributed by atoms with Crippen LogP contribution in [-0.4, -0.2) is 0 Å². The van der Waals surface area contributed by atoms with Gasteiger partial charge in [0.15, 0.2) is 0 Å². The van der Waals surface area contributed by atoms with E-state index in [1.165, 1.54) is 12.1 Å². The first-order valence-corrected chi connectivity index (χ1v) is 7.33. The van der Waals surface area contributed by atoms with E-state index >= 15 is 0 Å². The SMILES string of the molecule is Cc1cc([C@@H]2CC[C@H](c3ccc(F)c(C)c3)N2)ccc1F. The van der Waals surface area contributed by atoms with Crippen LogP contribution in [0.25, 0.3) is 0 Å². The Bertz CT molecular complexity index is 609. The zero-order valence-electron chi connectivity index (χ0n) is 12.3. The molecule has 0 amide bonds. The van der Waals surface area contributed by atoms with Crippen molar-refractivity contribution >= 4 is 0 Å². The summed E-state index contributed by atoms with van der Waals surface area (Å²) in [5.41, 5.74) is 3.59. The van der Waals surface area contributed by atoms with Gasteiger partial charge < -0.3 is 5.32 Å². The van der Waals surface area contributed by atoms with Crippen LogP contribution in [0.5, 0.6) is 0 Å². The molecule has 1 aliphatic rings. The summed E-state index contributed by atoms with van der Waals surface area (Å²) in [6.45, 7) is 3.57. The molecule has 0 bridgehead atoms. The summed E-state index contributed by atoms with van der Waals surface area (Å²) in [6, 6.07) is 11.0. The highest BCUT2D eigenvalue weighted by atomic mass is 19.1. The largest absolute Gasteiger partial charge is 0.303 e. The number of rotatable bonds is 2. The molecule has 0 aliphatic carbocycles. The second kappa shape index (κ2) is 5.57. The van der Waals surface area contributed by atoms with Gasteiger partial charge in [0.05, 0.1) is 0 Å². The molecule has 1 saturated heterocycles. The summed E-state index contributed by atoms with van der Waals surface area (Å²) < 4.78 is 26.7. The van der Waals surface area contributed by atoms with Crippen LogP contribution in [0.2, 0.25) is 0 Å². The van der Waals surface area contributed by atoms with Gasteiger partial charge in [-0.15, -0.1) is 0 Å². The first-order valence-electron chi connectivity index (χ1n) is 7.33. The monoisotopic (exact) mass is 287 g/mol. The van der Waals surface area contributed by atoms with E-state index in [9.17, 15) is 8.78 Å². The summed E-state index contributed by atoms with van der Waals surface area (Å²) in [5.74, 6) is -0.329. The van der Waals surface area contributed by atoms with Crippen LogP contribution in [0.1, 0.15) is 47.2 Å². The van der Waals surface area contributed by atoms with Crippen LogP contribution in [0, 0.1) is 25.5 Å². The lowest BCUT2D eigenvalue weighted by atomic mass is 10.0. The van der Waals surface area contributed by atoms with Crippen LogP contribution < -0.4 is 5.32 Å². The van der Waals surface area contributed by atoms with Crippen molar-refractivity contribution in [3.8, 4) is 0 Å². The van der Waals surface area contributed by atoms with Crippen molar-refractivity contribution in [1.29, 1.82) is 0 Å². The Morgan fingerprint density at radius 2 is 1.24 bits per heavy atom. The molecular formula is C18H19F2N. The molecule has 0 spiro atoms. The molecule has 3 heteroatoms. The topological polar surface area (TPSA) is 12.0 Å². The predicted molar refractivity (Wildman–Crippen MR) is 80.1 cm³/mol. The van der Waals surface area contributed by atoms with Crippen LogP contribution in [-0.2, 0) is 0 Å². The summed E-state index contributed by atoms with van der Waals surface area (Å²) in [5, 5.41) is 3.57. The summed E-state index contributed by atoms with van der Waals surface area (Å²) in [7, 11) is 0. The molecule has 2 aromatic rings. The molecule has 0 unspecified atom stereocenters. The number of aryl methyl sites for hydroxylation is 2. The molecule has 0 aromatic heterocycles. The molecule has 0 saturated carbocycles. The minimum Gasteiger partial charge on any atom is -0.303 e. The Morgan fingerprint density at radius 3 is 1.62 bits per heavy atom. The molecule has 2 atom stereocenters. The van der Waals surface area contributed by atoms with Gasteiger partial charge in [-0.1, -0.05) is 24.3 Å². The van der Waals surface area contributed by atoms with Crippen molar-refractivity contribution in [2.24, 2.45) is 0 Å². The van der Waals surface area contributed by atoms with E-state index in [0.717, 1.165) is 24.0 Å². The van der Waals surface area contributed by atoms with Crippen molar-refractivity contribution in [3.05, 3.63) is 70.3 Å². The molecule has 1 heterocycles. The maximum atomic E-state index is 13.4. The zero-order valence-corrected chi connectivity index (χ0v) is 12.3. The molecule has 2 aromatic carbocycles. The first-order chi connectivity index (χ1) is 10.0. The van der Waals surface area contributed by atoms with E-state index in [2.05, 4.69) is 5.32 Å². The Labute approximate surface area is 124 Å². The molecule has 1 aliphatic heterocycles. The molecule has 3 rings (SSSR count). The second-order valence-electron chi connectivity index (χ2n) is 5.87. The third-order valence-corrected chi connectivity index (χ3v) is 4.32. The lowest BCUT2D eigenvalue weighted by Crippen LogP contribution is -2.18. The lowest BCUT2D eigenvalue weighted by molar-refractivity contribution is 0.567. The van der Waals surface area contributed by atoms with Crippen molar-refractivity contribution < 1.29 is 8.78 Å². The fourth-order valence-electron chi connectivity index (χ4n) is 3.04. The molecule has 0 radical (unpaired) electrons. The van der Waals surface area contributed by atoms with E-state index in [-0.39, 0.29) is 23.7 Å². The van der Waals surface area contributed by atoms with Crippen LogP contribution in [0.3, 0.4) is 0 Å². The highest BCUT2D eigenvalue weighted by Crippen LogP contribution is 2.35. The third kappa shape index (κ3) is 2.84. The van der Waals surface area contributed by atoms with Gasteiger partial charge in [0.2, 0.25) is 0 Å². The van der Waals surface area contributed by atoms with Crippen molar-refractivity contribution in [3.63, 3.8) is 0 Å². The maximum absolute atomic E-state index is 13.4. The second-order valence-corrected chi connectivity index (χ2v) is 5.87. The minimum atomic E-state index is -0.164. The predicted octanol–water partition coefficient (Wildman–Crippen LogP) is 4.75. The van der Waals surface area contributed by atoms with Gasteiger partial charge in [-0.2, -0.15) is 0 Å². The van der Waals surface area contributed by atoms with Gasteiger partial charge in [-0.3, -0.25) is 0 Å². The average molecular weight is 287 g/mol. The zero-order chi connectivity index (χ0) is 15.0. The first kappa shape index (κ1) is 14.2. The standard InChI is InChI=1S/C18H19F2N/c1-11-9-13(3-5-15(11)19)17-7-8-18(21-17)14-4-6-16(20)12(2)10-14/h3-6,9-10,17-18,21H,7-8H2,1-2H3/t17-,18+. The van der Waals surface area contributed by atoms with Gasteiger partial charge in [-0.05, 0) is 61.1 Å². The van der Waals surface area contributed by atoms with E-state index in [0.29, 0.717) is 11.1 Å². The van der Waals surface area contributed by atoms with Gasteiger partial charge >= 0.3 is 0 Å². The van der Waals surface area contributed by atoms with E-state index in [1.54, 1.807) is 13.8 Å². The Kier molecular flexibility index (Phi) is 3.77. The molecule has 1 fully saturated rings. The van der Waals surface area contributed by atoms with Gasteiger partial charge in [0.25, 0.3) is 0 Å². The molecule has 1 N–H and O–H groups in total. The van der Waals surface area contributed by atoms with Crippen molar-refractivity contribution in [2.75, 3.05) is 0 Å². The fraction of sp³-hybridized carbons (Fsp3) is 0.333. The highest BCUT2D eigenvalue weighted by molar-refractivity contribution is 5.30. The highest BCUT2D eigenvalue weighted by Gasteiger charge is 2.26. The molecular weight excluding hydrogens is 268 g/mol. The van der Waals surface area contributed by atoms with Crippen molar-refractivity contribution in [1.82, 2.24) is 5.32 Å². The summed E-state index contributed by atoms with van der Waals surface area (Å²) >= 11 is 0. The van der Waals surface area contributed by atoms with Gasteiger partial charge in [0.1, 0.15) is 11.6 Å². The summed E-state index contributed by atoms with van der Waals surface area (Å²) in [6.07, 6.45) is 2.01. The molecule has 21 heavy (non-hydrogen) atoms. The van der Waals surface area contributed by atoms with Gasteiger partial charge in [0, 0.05) is 12.1 Å². The minimum absolute atomic E-state index is 0.164. The molecule has 110 valence electrons. The van der Waals surface area contributed by atoms with Crippen molar-refractivity contribution in [2.45, 2.75) is 38.8 Å². The third-order valence-electron chi connectivity index (χ3n) is 4.32. The number of benzene rings is 2. The Morgan fingerprint density at radius 1 is 0.810 bits per heavy atom. The van der Waals surface area contributed by atoms with E-state index < -0.39 is 0 Å². The maximum Gasteiger partial charge on any atom is 0.126 e. The van der Waals surface area contributed by atoms with Crippen LogP contribution in [0.4, 0.5) is 8.78 Å². The fourth-order valence-corrected chi connectivity index (χ4v) is 3.04. The van der Waals surface area contributed by atoms with Crippen LogP contribution >= 0.6 is 0 Å². The molecule has 1 nitrogen and oxygen atoms in total.